The molecule has 2 aromatic rings. The summed E-state index contributed by atoms with van der Waals surface area (Å²) in [6, 6.07) is 10.6. The summed E-state index contributed by atoms with van der Waals surface area (Å²) in [6.45, 7) is 0. The molecule has 0 radical (unpaired) electrons. The van der Waals surface area contributed by atoms with Crippen molar-refractivity contribution in [3.05, 3.63) is 52.4 Å². The first-order valence-electron chi connectivity index (χ1n) is 8.99. The number of carbonyl (C=O) groups excluding carboxylic acids is 2. The van der Waals surface area contributed by atoms with Crippen molar-refractivity contribution in [2.45, 2.75) is 44.6 Å². The van der Waals surface area contributed by atoms with Crippen LogP contribution in [0.4, 0.5) is 5.69 Å². The van der Waals surface area contributed by atoms with Crippen LogP contribution in [0.1, 0.15) is 59.4 Å². The van der Waals surface area contributed by atoms with Gasteiger partial charge in [0.25, 0.3) is 11.8 Å². The number of benzene rings is 1. The maximum Gasteiger partial charge on any atom is 0.293 e. The second kappa shape index (κ2) is 8.54. The summed E-state index contributed by atoms with van der Waals surface area (Å²) >= 11 is 3.20. The average Bonchev–Trinajstić information content (AvgIpc) is 2.92. The lowest BCUT2D eigenvalue weighted by Gasteiger charge is -2.21. The number of hydrogen-bond donors (Lipinski definition) is 1. The normalized spacial score (nSPS) is 15.3. The fourth-order valence-electron chi connectivity index (χ4n) is 3.35. The van der Waals surface area contributed by atoms with Crippen LogP contribution in [-0.2, 0) is 0 Å². The van der Waals surface area contributed by atoms with Gasteiger partial charge in [0.2, 0.25) is 0 Å². The van der Waals surface area contributed by atoms with Crippen molar-refractivity contribution in [2.24, 2.45) is 0 Å². The molecule has 1 fully saturated rings. The number of carbonyl (C=O) groups is 2. The highest BCUT2D eigenvalue weighted by Crippen LogP contribution is 2.24. The van der Waals surface area contributed by atoms with E-state index in [0.29, 0.717) is 15.9 Å². The number of nitrogens with one attached hydrogen (secondary N) is 1. The number of para-hydroxylation sites is 1. The Morgan fingerprint density at radius 2 is 1.77 bits per heavy atom. The van der Waals surface area contributed by atoms with E-state index >= 15 is 0 Å². The Bertz CT molecular complexity index is 779. The van der Waals surface area contributed by atoms with Gasteiger partial charge in [-0.15, -0.1) is 0 Å². The highest BCUT2D eigenvalue weighted by Gasteiger charge is 2.23. The van der Waals surface area contributed by atoms with E-state index in [0.717, 1.165) is 25.7 Å². The molecular formula is C20H23BrN2O3. The van der Waals surface area contributed by atoms with E-state index in [-0.39, 0.29) is 23.6 Å². The van der Waals surface area contributed by atoms with Crippen molar-refractivity contribution >= 4 is 33.4 Å². The zero-order chi connectivity index (χ0) is 18.5. The predicted octanol–water partition coefficient (Wildman–Crippen LogP) is 4.77. The molecule has 138 valence electrons. The minimum absolute atomic E-state index is 0.132. The maximum atomic E-state index is 12.8. The van der Waals surface area contributed by atoms with Crippen LogP contribution in [0.2, 0.25) is 0 Å². The molecule has 0 unspecified atom stereocenters. The summed E-state index contributed by atoms with van der Waals surface area (Å²) in [5.74, 6) is -0.212. The largest absolute Gasteiger partial charge is 0.444 e. The molecule has 1 aromatic heterocycles. The Hall–Kier alpha value is -2.08. The van der Waals surface area contributed by atoms with E-state index in [1.165, 1.54) is 17.7 Å². The second-order valence-electron chi connectivity index (χ2n) is 6.65. The van der Waals surface area contributed by atoms with Crippen molar-refractivity contribution < 1.29 is 14.0 Å². The van der Waals surface area contributed by atoms with Crippen LogP contribution in [0.5, 0.6) is 0 Å². The number of halogens is 1. The molecule has 26 heavy (non-hydrogen) atoms. The third-order valence-corrected chi connectivity index (χ3v) is 5.22. The summed E-state index contributed by atoms with van der Waals surface area (Å²) in [5, 5.41) is 3.15. The van der Waals surface area contributed by atoms with Gasteiger partial charge in [-0.25, -0.2) is 0 Å². The molecule has 5 nitrogen and oxygen atoms in total. The van der Waals surface area contributed by atoms with Crippen molar-refractivity contribution in [1.29, 1.82) is 0 Å². The molecule has 1 aromatic carbocycles. The molecule has 0 aliphatic heterocycles. The van der Waals surface area contributed by atoms with Crippen LogP contribution in [0, 0.1) is 0 Å². The summed E-state index contributed by atoms with van der Waals surface area (Å²) in [5.41, 5.74) is 1.06. The number of nitrogens with zero attached hydrogens (tertiary/aromatic N) is 1. The van der Waals surface area contributed by atoms with Gasteiger partial charge in [-0.2, -0.15) is 0 Å². The van der Waals surface area contributed by atoms with Crippen molar-refractivity contribution in [2.75, 3.05) is 11.9 Å². The first-order chi connectivity index (χ1) is 12.6. The van der Waals surface area contributed by atoms with Crippen LogP contribution in [0.3, 0.4) is 0 Å². The van der Waals surface area contributed by atoms with Gasteiger partial charge in [-0.3, -0.25) is 9.59 Å². The lowest BCUT2D eigenvalue weighted by atomic mass is 10.1. The lowest BCUT2D eigenvalue weighted by molar-refractivity contribution is 0.0934. The zero-order valence-electron chi connectivity index (χ0n) is 14.8. The van der Waals surface area contributed by atoms with Gasteiger partial charge in [0.15, 0.2) is 10.4 Å². The number of amides is 2. The Balaban J connectivity index is 1.78. The molecule has 1 saturated carbocycles. The second-order valence-corrected chi connectivity index (χ2v) is 7.43. The Labute approximate surface area is 161 Å². The molecule has 1 heterocycles. The van der Waals surface area contributed by atoms with E-state index in [1.54, 1.807) is 31.3 Å². The number of furan rings is 1. The predicted molar refractivity (Wildman–Crippen MR) is 105 cm³/mol. The van der Waals surface area contributed by atoms with Crippen LogP contribution in [0.25, 0.3) is 0 Å². The molecule has 1 aliphatic carbocycles. The standard InChI is InChI=1S/C20H23BrN2O3/c1-23(20(25)17-12-13-18(21)26-17)16-11-7-6-10-15(16)19(24)22-14-8-4-2-3-5-9-14/h6-7,10-14H,2-5,8-9H2,1H3,(H,22,24). The van der Waals surface area contributed by atoms with Gasteiger partial charge in [0.1, 0.15) is 0 Å². The fraction of sp³-hybridized carbons (Fsp3) is 0.400. The minimum Gasteiger partial charge on any atom is -0.444 e. The van der Waals surface area contributed by atoms with Crippen molar-refractivity contribution in [3.63, 3.8) is 0 Å². The SMILES string of the molecule is CN(C(=O)c1ccc(Br)o1)c1ccccc1C(=O)NC1CCCCCC1. The third kappa shape index (κ3) is 4.36. The van der Waals surface area contributed by atoms with Gasteiger partial charge in [0, 0.05) is 13.1 Å². The van der Waals surface area contributed by atoms with Crippen molar-refractivity contribution in [3.8, 4) is 0 Å². The molecule has 0 saturated heterocycles. The Morgan fingerprint density at radius 3 is 2.42 bits per heavy atom. The molecule has 0 spiro atoms. The average molecular weight is 419 g/mol. The summed E-state index contributed by atoms with van der Waals surface area (Å²) in [6.07, 6.45) is 6.81. The van der Waals surface area contributed by atoms with E-state index < -0.39 is 0 Å². The Morgan fingerprint density at radius 1 is 1.08 bits per heavy atom. The number of hydrogen-bond acceptors (Lipinski definition) is 3. The summed E-state index contributed by atoms with van der Waals surface area (Å²) in [7, 11) is 1.65. The van der Waals surface area contributed by atoms with E-state index in [4.69, 9.17) is 4.42 Å². The molecule has 3 rings (SSSR count). The van der Waals surface area contributed by atoms with Gasteiger partial charge < -0.3 is 14.6 Å². The van der Waals surface area contributed by atoms with Gasteiger partial charge >= 0.3 is 0 Å². The van der Waals surface area contributed by atoms with Gasteiger partial charge in [-0.1, -0.05) is 37.8 Å². The molecule has 0 bridgehead atoms. The zero-order valence-corrected chi connectivity index (χ0v) is 16.4. The molecular weight excluding hydrogens is 396 g/mol. The highest BCUT2D eigenvalue weighted by atomic mass is 79.9. The van der Waals surface area contributed by atoms with Gasteiger partial charge in [0.05, 0.1) is 11.3 Å². The van der Waals surface area contributed by atoms with Gasteiger partial charge in [-0.05, 0) is 53.0 Å². The van der Waals surface area contributed by atoms with E-state index in [1.807, 2.05) is 12.1 Å². The smallest absolute Gasteiger partial charge is 0.293 e. The van der Waals surface area contributed by atoms with Crippen LogP contribution in [-0.4, -0.2) is 24.9 Å². The fourth-order valence-corrected chi connectivity index (χ4v) is 3.66. The maximum absolute atomic E-state index is 12.8. The quantitative estimate of drug-likeness (QED) is 0.727. The van der Waals surface area contributed by atoms with E-state index in [9.17, 15) is 9.59 Å². The monoisotopic (exact) mass is 418 g/mol. The molecule has 1 aliphatic rings. The molecule has 1 N–H and O–H groups in total. The summed E-state index contributed by atoms with van der Waals surface area (Å²) in [4.78, 5) is 26.9. The van der Waals surface area contributed by atoms with Crippen LogP contribution >= 0.6 is 15.9 Å². The highest BCUT2D eigenvalue weighted by molar-refractivity contribution is 9.10. The van der Waals surface area contributed by atoms with Crippen LogP contribution < -0.4 is 10.2 Å². The topological polar surface area (TPSA) is 62.6 Å². The number of rotatable bonds is 4. The number of anilines is 1. The summed E-state index contributed by atoms with van der Waals surface area (Å²) < 4.78 is 5.84. The van der Waals surface area contributed by atoms with E-state index in [2.05, 4.69) is 21.2 Å². The molecule has 6 heteroatoms. The molecule has 0 atom stereocenters. The first-order valence-corrected chi connectivity index (χ1v) is 9.79. The molecule has 2 amide bonds. The Kier molecular flexibility index (Phi) is 6.14. The lowest BCUT2D eigenvalue weighted by Crippen LogP contribution is -2.36. The minimum atomic E-state index is -0.301. The first kappa shape index (κ1) is 18.7. The van der Waals surface area contributed by atoms with Crippen LogP contribution in [0.15, 0.2) is 45.5 Å². The van der Waals surface area contributed by atoms with Crippen molar-refractivity contribution in [1.82, 2.24) is 5.32 Å². The third-order valence-electron chi connectivity index (χ3n) is 4.79.